The SMILES string of the molecule is N#Cc1cccc2cc(-c3nc(-c4ccc(C56C[C@H]7C[C@@H](C5)C[C@@H](C6)C7)cc4)nc(-c4ccc(C56C[C@H]7C[C@H](C5)C[C@@H](C6)C7)cc4)n3)ccc12. The first-order valence-electron chi connectivity index (χ1n) is 19.4. The summed E-state index contributed by atoms with van der Waals surface area (Å²) in [5.41, 5.74) is 7.50. The van der Waals surface area contributed by atoms with Gasteiger partial charge in [-0.2, -0.15) is 5.26 Å². The number of rotatable bonds is 5. The summed E-state index contributed by atoms with van der Waals surface area (Å²) in [4.78, 5) is 15.4. The van der Waals surface area contributed by atoms with Crippen LogP contribution in [0, 0.1) is 46.8 Å². The van der Waals surface area contributed by atoms with Gasteiger partial charge in [0.2, 0.25) is 0 Å². The van der Waals surface area contributed by atoms with Crippen LogP contribution in [0.5, 0.6) is 0 Å². The topological polar surface area (TPSA) is 62.5 Å². The second kappa shape index (κ2) is 10.8. The van der Waals surface area contributed by atoms with Gasteiger partial charge in [-0.05, 0) is 157 Å². The molecular weight excluding hydrogens is 609 g/mol. The van der Waals surface area contributed by atoms with E-state index >= 15 is 0 Å². The third-order valence-electron chi connectivity index (χ3n) is 14.5. The minimum Gasteiger partial charge on any atom is -0.208 e. The summed E-state index contributed by atoms with van der Waals surface area (Å²) in [7, 11) is 0. The average molecular weight is 653 g/mol. The molecule has 8 aliphatic rings. The van der Waals surface area contributed by atoms with Crippen LogP contribution in [0.15, 0.2) is 84.9 Å². The molecule has 8 aliphatic carbocycles. The Bertz CT molecular complexity index is 2010. The largest absolute Gasteiger partial charge is 0.208 e. The van der Waals surface area contributed by atoms with Crippen molar-refractivity contribution in [2.75, 3.05) is 0 Å². The standard InChI is InChI=1S/C46H44N4/c47-27-38-3-1-2-36-20-37(8-13-41(36)38)44-49-42(34-4-9-39(10-5-34)45-21-28-14-29(22-45)16-30(15-28)23-45)48-43(50-44)35-6-11-40(12-7-35)46-24-31-17-32(25-46)19-33(18-31)26-46/h1-13,20,28-33H,14-19,21-26H2/t28-,29-,30-,31-,32+,33-,45?,46?. The minimum absolute atomic E-state index is 0.370. The Hall–Kier alpha value is -4.36. The van der Waals surface area contributed by atoms with Crippen molar-refractivity contribution < 1.29 is 0 Å². The van der Waals surface area contributed by atoms with Crippen molar-refractivity contribution in [2.45, 2.75) is 87.9 Å². The van der Waals surface area contributed by atoms with Crippen LogP contribution >= 0.6 is 0 Å². The maximum absolute atomic E-state index is 9.70. The highest BCUT2D eigenvalue weighted by molar-refractivity contribution is 5.91. The van der Waals surface area contributed by atoms with E-state index in [4.69, 9.17) is 15.0 Å². The van der Waals surface area contributed by atoms with Crippen molar-refractivity contribution in [3.05, 3.63) is 102 Å². The summed E-state index contributed by atoms with van der Waals surface area (Å²) in [5.74, 6) is 7.67. The molecule has 4 aromatic carbocycles. The van der Waals surface area contributed by atoms with Crippen LogP contribution < -0.4 is 0 Å². The summed E-state index contributed by atoms with van der Waals surface area (Å²) >= 11 is 0. The van der Waals surface area contributed by atoms with Crippen molar-refractivity contribution in [3.8, 4) is 40.2 Å². The molecular formula is C46H44N4. The third kappa shape index (κ3) is 4.65. The molecule has 5 aromatic rings. The van der Waals surface area contributed by atoms with E-state index in [0.29, 0.717) is 22.2 Å². The molecule has 0 spiro atoms. The Morgan fingerprint density at radius 1 is 0.480 bits per heavy atom. The second-order valence-corrected chi connectivity index (χ2v) is 17.7. The summed E-state index contributed by atoms with van der Waals surface area (Å²) in [5, 5.41) is 11.7. The highest BCUT2D eigenvalue weighted by Crippen LogP contribution is 2.62. The Labute approximate surface area is 295 Å². The zero-order valence-electron chi connectivity index (χ0n) is 28.8. The Balaban J connectivity index is 0.980. The molecule has 8 bridgehead atoms. The van der Waals surface area contributed by atoms with E-state index in [-0.39, 0.29) is 0 Å². The molecule has 4 heteroatoms. The van der Waals surface area contributed by atoms with Gasteiger partial charge in [-0.15, -0.1) is 0 Å². The van der Waals surface area contributed by atoms with Crippen LogP contribution in [0.3, 0.4) is 0 Å². The fourth-order valence-corrected chi connectivity index (χ4v) is 13.2. The highest BCUT2D eigenvalue weighted by Gasteiger charge is 2.52. The average Bonchev–Trinajstić information content (AvgIpc) is 3.13. The van der Waals surface area contributed by atoms with Gasteiger partial charge >= 0.3 is 0 Å². The lowest BCUT2D eigenvalue weighted by Crippen LogP contribution is -2.48. The maximum Gasteiger partial charge on any atom is 0.164 e. The van der Waals surface area contributed by atoms with Gasteiger partial charge in [0.1, 0.15) is 0 Å². The molecule has 0 radical (unpaired) electrons. The number of hydrogen-bond donors (Lipinski definition) is 0. The lowest BCUT2D eigenvalue weighted by Gasteiger charge is -2.57. The molecule has 8 fully saturated rings. The van der Waals surface area contributed by atoms with Gasteiger partial charge in [-0.1, -0.05) is 72.8 Å². The van der Waals surface area contributed by atoms with Crippen LogP contribution in [0.25, 0.3) is 44.9 Å². The molecule has 0 aliphatic heterocycles. The molecule has 4 nitrogen and oxygen atoms in total. The Kier molecular flexibility index (Phi) is 6.36. The fourth-order valence-electron chi connectivity index (χ4n) is 13.2. The fraction of sp³-hybridized carbons (Fsp3) is 0.435. The molecule has 8 saturated carbocycles. The first kappa shape index (κ1) is 29.4. The van der Waals surface area contributed by atoms with E-state index in [9.17, 15) is 5.26 Å². The molecule has 0 atom stereocenters. The summed E-state index contributed by atoms with van der Waals surface area (Å²) in [6.45, 7) is 0. The third-order valence-corrected chi connectivity index (χ3v) is 14.5. The van der Waals surface area contributed by atoms with Crippen molar-refractivity contribution in [3.63, 3.8) is 0 Å². The minimum atomic E-state index is 0.370. The van der Waals surface area contributed by atoms with E-state index < -0.39 is 0 Å². The summed E-state index contributed by atoms with van der Waals surface area (Å²) in [6.07, 6.45) is 17.0. The Morgan fingerprint density at radius 3 is 1.30 bits per heavy atom. The van der Waals surface area contributed by atoms with Gasteiger partial charge in [0.15, 0.2) is 17.5 Å². The number of benzene rings is 4. The van der Waals surface area contributed by atoms with Gasteiger partial charge in [-0.25, -0.2) is 15.0 Å². The van der Waals surface area contributed by atoms with Crippen molar-refractivity contribution in [2.24, 2.45) is 35.5 Å². The number of aromatic nitrogens is 3. The molecule has 1 aromatic heterocycles. The smallest absolute Gasteiger partial charge is 0.164 e. The van der Waals surface area contributed by atoms with Crippen LogP contribution in [-0.4, -0.2) is 15.0 Å². The number of nitriles is 1. The van der Waals surface area contributed by atoms with Crippen LogP contribution in [-0.2, 0) is 10.8 Å². The predicted molar refractivity (Wildman–Crippen MR) is 198 cm³/mol. The number of hydrogen-bond acceptors (Lipinski definition) is 4. The van der Waals surface area contributed by atoms with Gasteiger partial charge in [0, 0.05) is 16.7 Å². The van der Waals surface area contributed by atoms with Crippen LogP contribution in [0.2, 0.25) is 0 Å². The van der Waals surface area contributed by atoms with E-state index in [1.807, 2.05) is 18.2 Å². The molecule has 50 heavy (non-hydrogen) atoms. The predicted octanol–water partition coefficient (Wildman–Crippen LogP) is 10.8. The van der Waals surface area contributed by atoms with E-state index in [0.717, 1.165) is 74.6 Å². The van der Waals surface area contributed by atoms with Gasteiger partial charge in [-0.3, -0.25) is 0 Å². The van der Waals surface area contributed by atoms with E-state index in [1.54, 1.807) is 0 Å². The van der Waals surface area contributed by atoms with Gasteiger partial charge < -0.3 is 0 Å². The molecule has 1 heterocycles. The molecule has 13 rings (SSSR count). The van der Waals surface area contributed by atoms with Gasteiger partial charge in [0.05, 0.1) is 11.6 Å². The monoisotopic (exact) mass is 652 g/mol. The van der Waals surface area contributed by atoms with Crippen LogP contribution in [0.4, 0.5) is 0 Å². The second-order valence-electron chi connectivity index (χ2n) is 17.7. The first-order valence-corrected chi connectivity index (χ1v) is 19.4. The zero-order valence-corrected chi connectivity index (χ0v) is 28.8. The quantitative estimate of drug-likeness (QED) is 0.190. The van der Waals surface area contributed by atoms with Crippen molar-refractivity contribution in [1.29, 1.82) is 5.26 Å². The lowest BCUT2D eigenvalue weighted by atomic mass is 9.48. The van der Waals surface area contributed by atoms with Crippen molar-refractivity contribution in [1.82, 2.24) is 15.0 Å². The van der Waals surface area contributed by atoms with E-state index in [2.05, 4.69) is 72.8 Å². The molecule has 0 unspecified atom stereocenters. The van der Waals surface area contributed by atoms with Crippen LogP contribution in [0.1, 0.15) is 93.7 Å². The highest BCUT2D eigenvalue weighted by atomic mass is 15.0. The van der Waals surface area contributed by atoms with Gasteiger partial charge in [0.25, 0.3) is 0 Å². The zero-order chi connectivity index (χ0) is 33.0. The maximum atomic E-state index is 9.70. The molecule has 0 amide bonds. The number of nitrogens with zero attached hydrogens (tertiary/aromatic N) is 4. The lowest BCUT2D eigenvalue weighted by molar-refractivity contribution is -0.00530. The molecule has 248 valence electrons. The van der Waals surface area contributed by atoms with Crippen molar-refractivity contribution >= 4 is 10.8 Å². The van der Waals surface area contributed by atoms with E-state index in [1.165, 1.54) is 88.2 Å². The molecule has 0 N–H and O–H groups in total. The summed E-state index contributed by atoms with van der Waals surface area (Å²) in [6, 6.07) is 33.1. The Morgan fingerprint density at radius 2 is 0.880 bits per heavy atom. The number of fused-ring (bicyclic) bond motifs is 1. The first-order chi connectivity index (χ1) is 24.5. The normalized spacial score (nSPS) is 33.2. The molecule has 0 saturated heterocycles. The summed E-state index contributed by atoms with van der Waals surface area (Å²) < 4.78 is 0.